The van der Waals surface area contributed by atoms with Crippen LogP contribution < -0.4 is 4.74 Å². The number of aryl methyl sites for hydroxylation is 2. The summed E-state index contributed by atoms with van der Waals surface area (Å²) in [6.07, 6.45) is 0.978. The van der Waals surface area contributed by atoms with Crippen LogP contribution in [-0.2, 0) is 11.2 Å². The number of likely N-dealkylation sites (tertiary alicyclic amines) is 1. The minimum atomic E-state index is 0.0739. The smallest absolute Gasteiger partial charge is 0.223 e. The van der Waals surface area contributed by atoms with E-state index in [2.05, 4.69) is 5.16 Å². The molecule has 1 aliphatic heterocycles. The van der Waals surface area contributed by atoms with E-state index in [-0.39, 0.29) is 12.0 Å². The molecule has 0 aliphatic carbocycles. The molecule has 0 spiro atoms. The molecule has 1 aromatic heterocycles. The van der Waals surface area contributed by atoms with Gasteiger partial charge in [-0.05, 0) is 18.6 Å². The Morgan fingerprint density at radius 1 is 1.45 bits per heavy atom. The zero-order chi connectivity index (χ0) is 15.5. The van der Waals surface area contributed by atoms with E-state index in [0.29, 0.717) is 36.8 Å². The summed E-state index contributed by atoms with van der Waals surface area (Å²) in [5.74, 6) is 1.61. The number of ether oxygens (including phenoxy) is 1. The topological polar surface area (TPSA) is 55.6 Å². The molecule has 0 bridgehead atoms. The first-order chi connectivity index (χ1) is 10.6. The van der Waals surface area contributed by atoms with Gasteiger partial charge in [0.2, 0.25) is 5.91 Å². The van der Waals surface area contributed by atoms with Crippen LogP contribution in [0.15, 0.2) is 34.9 Å². The Balaban J connectivity index is 1.43. The highest BCUT2D eigenvalue weighted by atomic mass is 35.5. The van der Waals surface area contributed by atoms with Gasteiger partial charge in [0.05, 0.1) is 13.1 Å². The maximum atomic E-state index is 12.0. The van der Waals surface area contributed by atoms with Crippen LogP contribution in [0.1, 0.15) is 17.7 Å². The number of halogens is 1. The molecule has 0 radical (unpaired) electrons. The highest BCUT2D eigenvalue weighted by molar-refractivity contribution is 6.29. The van der Waals surface area contributed by atoms with Crippen LogP contribution in [0.5, 0.6) is 5.75 Å². The van der Waals surface area contributed by atoms with Gasteiger partial charge in [-0.2, -0.15) is 0 Å². The first kappa shape index (κ1) is 14.9. The zero-order valence-corrected chi connectivity index (χ0v) is 13.0. The average Bonchev–Trinajstić information content (AvgIpc) is 2.87. The number of carbonyl (C=O) groups excluding carboxylic acids is 1. The third-order valence-electron chi connectivity index (χ3n) is 3.70. The van der Waals surface area contributed by atoms with Gasteiger partial charge in [-0.3, -0.25) is 4.79 Å². The summed E-state index contributed by atoms with van der Waals surface area (Å²) in [5.41, 5.74) is 1.11. The summed E-state index contributed by atoms with van der Waals surface area (Å²) in [6, 6.07) is 9.53. The zero-order valence-electron chi connectivity index (χ0n) is 12.3. The van der Waals surface area contributed by atoms with Gasteiger partial charge in [0.15, 0.2) is 5.15 Å². The molecule has 1 saturated heterocycles. The van der Waals surface area contributed by atoms with Crippen LogP contribution in [0.3, 0.4) is 0 Å². The van der Waals surface area contributed by atoms with Crippen molar-refractivity contribution in [2.75, 3.05) is 13.1 Å². The first-order valence-corrected chi connectivity index (χ1v) is 7.61. The van der Waals surface area contributed by atoms with Crippen molar-refractivity contribution < 1.29 is 14.1 Å². The number of rotatable bonds is 5. The molecule has 1 fully saturated rings. The van der Waals surface area contributed by atoms with Crippen LogP contribution in [0.4, 0.5) is 0 Å². The second kappa shape index (κ2) is 6.40. The third kappa shape index (κ3) is 3.42. The lowest BCUT2D eigenvalue weighted by Crippen LogP contribution is -2.56. The second-order valence-corrected chi connectivity index (χ2v) is 5.81. The first-order valence-electron chi connectivity index (χ1n) is 7.23. The number of amides is 1. The van der Waals surface area contributed by atoms with Crippen molar-refractivity contribution in [3.63, 3.8) is 0 Å². The largest absolute Gasteiger partial charge is 0.486 e. The van der Waals surface area contributed by atoms with Crippen molar-refractivity contribution >= 4 is 17.5 Å². The van der Waals surface area contributed by atoms with E-state index in [1.807, 2.05) is 31.2 Å². The standard InChI is InChI=1S/C16H17ClN2O3/c1-11-4-2-3-5-14(11)21-13-9-19(10-13)16(20)7-6-12-8-15(17)18-22-12/h2-5,8,13H,6-7,9-10H2,1H3. The predicted molar refractivity (Wildman–Crippen MR) is 82.0 cm³/mol. The lowest BCUT2D eigenvalue weighted by Gasteiger charge is -2.39. The highest BCUT2D eigenvalue weighted by Crippen LogP contribution is 2.22. The molecule has 0 unspecified atom stereocenters. The maximum absolute atomic E-state index is 12.0. The van der Waals surface area contributed by atoms with Crippen LogP contribution in [0.25, 0.3) is 0 Å². The molecule has 2 aromatic rings. The van der Waals surface area contributed by atoms with E-state index >= 15 is 0 Å². The fraction of sp³-hybridized carbons (Fsp3) is 0.375. The Hall–Kier alpha value is -2.01. The lowest BCUT2D eigenvalue weighted by molar-refractivity contribution is -0.140. The quantitative estimate of drug-likeness (QED) is 0.850. The number of hydrogen-bond donors (Lipinski definition) is 0. The highest BCUT2D eigenvalue weighted by Gasteiger charge is 2.32. The van der Waals surface area contributed by atoms with Gasteiger partial charge < -0.3 is 14.2 Å². The molecule has 2 heterocycles. The second-order valence-electron chi connectivity index (χ2n) is 5.42. The summed E-state index contributed by atoms with van der Waals surface area (Å²) in [5, 5.41) is 3.90. The summed E-state index contributed by atoms with van der Waals surface area (Å²) in [7, 11) is 0. The van der Waals surface area contributed by atoms with Crippen molar-refractivity contribution in [2.45, 2.75) is 25.9 Å². The average molecular weight is 321 g/mol. The molecule has 116 valence electrons. The summed E-state index contributed by atoms with van der Waals surface area (Å²) in [4.78, 5) is 13.8. The van der Waals surface area contributed by atoms with Crippen molar-refractivity contribution in [2.24, 2.45) is 0 Å². The number of benzene rings is 1. The van der Waals surface area contributed by atoms with E-state index in [0.717, 1.165) is 11.3 Å². The van der Waals surface area contributed by atoms with Gasteiger partial charge in [0, 0.05) is 18.9 Å². The van der Waals surface area contributed by atoms with E-state index in [9.17, 15) is 4.79 Å². The van der Waals surface area contributed by atoms with E-state index < -0.39 is 0 Å². The summed E-state index contributed by atoms with van der Waals surface area (Å²) in [6.45, 7) is 3.27. The Kier molecular flexibility index (Phi) is 4.34. The molecular weight excluding hydrogens is 304 g/mol. The van der Waals surface area contributed by atoms with E-state index in [4.69, 9.17) is 20.9 Å². The molecule has 22 heavy (non-hydrogen) atoms. The van der Waals surface area contributed by atoms with Crippen LogP contribution >= 0.6 is 11.6 Å². The molecule has 1 aromatic carbocycles. The van der Waals surface area contributed by atoms with Gasteiger partial charge >= 0.3 is 0 Å². The fourth-order valence-corrected chi connectivity index (χ4v) is 2.53. The molecule has 0 saturated carbocycles. The predicted octanol–water partition coefficient (Wildman–Crippen LogP) is 2.86. The minimum Gasteiger partial charge on any atom is -0.486 e. The van der Waals surface area contributed by atoms with Crippen LogP contribution in [-0.4, -0.2) is 35.2 Å². The normalized spacial score (nSPS) is 14.7. The number of hydrogen-bond acceptors (Lipinski definition) is 4. The van der Waals surface area contributed by atoms with Crippen molar-refractivity contribution in [1.29, 1.82) is 0 Å². The molecule has 0 N–H and O–H groups in total. The molecule has 3 rings (SSSR count). The Labute approximate surface area is 133 Å². The van der Waals surface area contributed by atoms with Crippen molar-refractivity contribution in [1.82, 2.24) is 10.1 Å². The third-order valence-corrected chi connectivity index (χ3v) is 3.88. The van der Waals surface area contributed by atoms with E-state index in [1.54, 1.807) is 11.0 Å². The van der Waals surface area contributed by atoms with Crippen molar-refractivity contribution in [3.8, 4) is 5.75 Å². The van der Waals surface area contributed by atoms with Gasteiger partial charge in [0.25, 0.3) is 0 Å². The van der Waals surface area contributed by atoms with Gasteiger partial charge in [-0.15, -0.1) is 0 Å². The SMILES string of the molecule is Cc1ccccc1OC1CN(C(=O)CCc2cc(Cl)no2)C1. The lowest BCUT2D eigenvalue weighted by atomic mass is 10.1. The summed E-state index contributed by atoms with van der Waals surface area (Å²) < 4.78 is 10.9. The fourth-order valence-electron chi connectivity index (χ4n) is 2.38. The molecule has 1 amide bonds. The summed E-state index contributed by atoms with van der Waals surface area (Å²) >= 11 is 5.67. The number of carbonyl (C=O) groups is 1. The monoisotopic (exact) mass is 320 g/mol. The maximum Gasteiger partial charge on any atom is 0.223 e. The van der Waals surface area contributed by atoms with Crippen LogP contribution in [0, 0.1) is 6.92 Å². The van der Waals surface area contributed by atoms with Crippen molar-refractivity contribution in [3.05, 3.63) is 46.8 Å². The van der Waals surface area contributed by atoms with Gasteiger partial charge in [-0.25, -0.2) is 0 Å². The van der Waals surface area contributed by atoms with E-state index in [1.165, 1.54) is 0 Å². The molecule has 0 atom stereocenters. The molecule has 6 heteroatoms. The number of aromatic nitrogens is 1. The molecule has 5 nitrogen and oxygen atoms in total. The van der Waals surface area contributed by atoms with Gasteiger partial charge in [-0.1, -0.05) is 35.0 Å². The van der Waals surface area contributed by atoms with Gasteiger partial charge in [0.1, 0.15) is 17.6 Å². The number of nitrogens with zero attached hydrogens (tertiary/aromatic N) is 2. The molecule has 1 aliphatic rings. The number of para-hydroxylation sites is 1. The van der Waals surface area contributed by atoms with Crippen LogP contribution in [0.2, 0.25) is 5.15 Å². The Bertz CT molecular complexity index is 665. The molecular formula is C16H17ClN2O3. The minimum absolute atomic E-state index is 0.0739. The Morgan fingerprint density at radius 3 is 2.91 bits per heavy atom. The Morgan fingerprint density at radius 2 is 2.23 bits per heavy atom.